The molecule has 0 aromatic heterocycles. The van der Waals surface area contributed by atoms with Crippen LogP contribution in [0.4, 0.5) is 0 Å². The minimum Gasteiger partial charge on any atom is -0.390 e. The van der Waals surface area contributed by atoms with Crippen LogP contribution < -0.4 is 4.72 Å². The maximum Gasteiger partial charge on any atom is 0.243 e. The Hall–Kier alpha value is -2.87. The fourth-order valence-corrected chi connectivity index (χ4v) is 9.36. The molecule has 4 aromatic carbocycles. The number of fused-ring (bicyclic) bond motifs is 2. The molecule has 1 aliphatic rings. The van der Waals surface area contributed by atoms with Crippen LogP contribution in [0.2, 0.25) is 0 Å². The number of nitrogens with one attached hydrogen (secondary N) is 1. The molecule has 0 saturated carbocycles. The van der Waals surface area contributed by atoms with E-state index in [0.717, 1.165) is 20.5 Å². The highest BCUT2D eigenvalue weighted by Crippen LogP contribution is 2.27. The molecule has 200 valence electrons. The third kappa shape index (κ3) is 5.33. The number of aliphatic hydroxyl groups is 1. The summed E-state index contributed by atoms with van der Waals surface area (Å²) in [6.07, 6.45) is -1.44. The zero-order valence-corrected chi connectivity index (χ0v) is 22.6. The Labute approximate surface area is 221 Å². The van der Waals surface area contributed by atoms with Crippen LogP contribution in [0.15, 0.2) is 94.7 Å². The van der Waals surface area contributed by atoms with Gasteiger partial charge in [-0.1, -0.05) is 60.7 Å². The van der Waals surface area contributed by atoms with E-state index in [1.54, 1.807) is 36.4 Å². The summed E-state index contributed by atoms with van der Waals surface area (Å²) in [5.74, 6) is -1.12. The molecule has 0 unspecified atom stereocenters. The van der Waals surface area contributed by atoms with Gasteiger partial charge in [0.05, 0.1) is 33.4 Å². The van der Waals surface area contributed by atoms with Crippen LogP contribution in [-0.2, 0) is 29.9 Å². The maximum absolute atomic E-state index is 13.7. The van der Waals surface area contributed by atoms with Gasteiger partial charge in [-0.05, 0) is 45.8 Å². The van der Waals surface area contributed by atoms with Crippen molar-refractivity contribution in [1.82, 2.24) is 9.03 Å². The number of hydrogen-bond acceptors (Lipinski definition) is 7. The van der Waals surface area contributed by atoms with Gasteiger partial charge in [0, 0.05) is 13.1 Å². The van der Waals surface area contributed by atoms with E-state index in [2.05, 4.69) is 4.72 Å². The largest absolute Gasteiger partial charge is 0.390 e. The smallest absolute Gasteiger partial charge is 0.243 e. The van der Waals surface area contributed by atoms with Crippen LogP contribution in [0, 0.1) is 0 Å². The molecular formula is C26H26N2O7S3. The minimum absolute atomic E-state index is 0.0172. The number of nitrogens with zero attached hydrogens (tertiary/aromatic N) is 1. The van der Waals surface area contributed by atoms with E-state index in [1.807, 2.05) is 24.3 Å². The van der Waals surface area contributed by atoms with Crippen molar-refractivity contribution < 1.29 is 30.4 Å². The van der Waals surface area contributed by atoms with Gasteiger partial charge in [-0.3, -0.25) is 0 Å². The van der Waals surface area contributed by atoms with Crippen LogP contribution in [0.3, 0.4) is 0 Å². The third-order valence-electron chi connectivity index (χ3n) is 6.65. The zero-order chi connectivity index (χ0) is 27.1. The van der Waals surface area contributed by atoms with Gasteiger partial charge in [-0.15, -0.1) is 0 Å². The second kappa shape index (κ2) is 10.0. The summed E-state index contributed by atoms with van der Waals surface area (Å²) in [5.41, 5.74) is 0. The van der Waals surface area contributed by atoms with Crippen molar-refractivity contribution in [3.05, 3.63) is 84.9 Å². The van der Waals surface area contributed by atoms with E-state index < -0.39 is 53.5 Å². The molecule has 0 spiro atoms. The molecule has 1 aliphatic heterocycles. The van der Waals surface area contributed by atoms with Gasteiger partial charge in [-0.2, -0.15) is 4.31 Å². The Kier molecular flexibility index (Phi) is 7.05. The molecule has 0 bridgehead atoms. The van der Waals surface area contributed by atoms with Crippen molar-refractivity contribution in [1.29, 1.82) is 0 Å². The maximum atomic E-state index is 13.7. The number of rotatable bonds is 8. The average Bonchev–Trinajstić information content (AvgIpc) is 3.17. The molecule has 4 aromatic rings. The average molecular weight is 575 g/mol. The minimum atomic E-state index is -4.30. The van der Waals surface area contributed by atoms with Crippen LogP contribution >= 0.6 is 0 Å². The lowest BCUT2D eigenvalue weighted by atomic mass is 10.1. The lowest BCUT2D eigenvalue weighted by Gasteiger charge is -2.29. The highest BCUT2D eigenvalue weighted by Gasteiger charge is 2.44. The van der Waals surface area contributed by atoms with E-state index in [0.29, 0.717) is 5.39 Å². The summed E-state index contributed by atoms with van der Waals surface area (Å²) < 4.78 is 81.2. The quantitative estimate of drug-likeness (QED) is 0.329. The molecule has 0 radical (unpaired) electrons. The summed E-state index contributed by atoms with van der Waals surface area (Å²) in [7, 11) is -12.0. The molecule has 0 amide bonds. The van der Waals surface area contributed by atoms with Gasteiger partial charge in [0.2, 0.25) is 20.0 Å². The summed E-state index contributed by atoms with van der Waals surface area (Å²) in [6, 6.07) is 22.4. The van der Waals surface area contributed by atoms with E-state index in [1.165, 1.54) is 24.3 Å². The van der Waals surface area contributed by atoms with Crippen molar-refractivity contribution >= 4 is 51.4 Å². The zero-order valence-electron chi connectivity index (χ0n) is 20.1. The molecule has 38 heavy (non-hydrogen) atoms. The number of benzene rings is 4. The number of aliphatic hydroxyl groups excluding tert-OH is 1. The van der Waals surface area contributed by atoms with Crippen molar-refractivity contribution in [3.8, 4) is 0 Å². The Morgan fingerprint density at radius 3 is 1.84 bits per heavy atom. The van der Waals surface area contributed by atoms with Crippen molar-refractivity contribution in [2.24, 2.45) is 0 Å². The standard InChI is InChI=1S/C26H26N2O7S3/c29-26-18-36(30,31)17-25(26)28(38(34,35)24-12-10-20-6-2-4-8-22(20)16-24)14-13-27-37(32,33)23-11-9-19-5-1-3-7-21(19)15-23/h1-12,15-16,25-27,29H,13-14,17-18H2/t25-,26-/m0/s1. The van der Waals surface area contributed by atoms with Gasteiger partial charge in [0.15, 0.2) is 9.84 Å². The third-order valence-corrected chi connectivity index (χ3v) is 11.7. The number of sulfonamides is 2. The SMILES string of the molecule is O=S1(=O)C[C@H](O)[C@@H](N(CCNS(=O)(=O)c2ccc3ccccc3c2)S(=O)(=O)c2ccc3ccccc3c2)C1. The van der Waals surface area contributed by atoms with Gasteiger partial charge in [0.1, 0.15) is 0 Å². The first-order valence-electron chi connectivity index (χ1n) is 11.8. The van der Waals surface area contributed by atoms with Crippen LogP contribution in [0.5, 0.6) is 0 Å². The summed E-state index contributed by atoms with van der Waals surface area (Å²) >= 11 is 0. The molecule has 1 saturated heterocycles. The van der Waals surface area contributed by atoms with Crippen molar-refractivity contribution in [3.63, 3.8) is 0 Å². The normalized spacial score (nSPS) is 19.8. The van der Waals surface area contributed by atoms with Gasteiger partial charge < -0.3 is 5.11 Å². The predicted molar refractivity (Wildman–Crippen MR) is 145 cm³/mol. The predicted octanol–water partition coefficient (Wildman–Crippen LogP) is 2.12. The summed E-state index contributed by atoms with van der Waals surface area (Å²) in [6.45, 7) is -0.704. The molecule has 9 nitrogen and oxygen atoms in total. The van der Waals surface area contributed by atoms with Crippen LogP contribution in [-0.4, -0.2) is 71.4 Å². The Bertz CT molecular complexity index is 1840. The Morgan fingerprint density at radius 2 is 1.29 bits per heavy atom. The lowest BCUT2D eigenvalue weighted by Crippen LogP contribution is -2.49. The number of hydrogen-bond donors (Lipinski definition) is 2. The lowest BCUT2D eigenvalue weighted by molar-refractivity contribution is 0.128. The molecule has 5 rings (SSSR count). The first kappa shape index (κ1) is 26.7. The first-order valence-corrected chi connectivity index (χ1v) is 16.6. The summed E-state index contributed by atoms with van der Waals surface area (Å²) in [4.78, 5) is -0.0614. The monoisotopic (exact) mass is 574 g/mol. The topological polar surface area (TPSA) is 138 Å². The molecule has 1 heterocycles. The van der Waals surface area contributed by atoms with Gasteiger partial charge in [0.25, 0.3) is 0 Å². The van der Waals surface area contributed by atoms with Crippen molar-refractivity contribution in [2.75, 3.05) is 24.6 Å². The van der Waals surface area contributed by atoms with E-state index in [-0.39, 0.29) is 22.9 Å². The second-order valence-electron chi connectivity index (χ2n) is 9.24. The Balaban J connectivity index is 1.43. The highest BCUT2D eigenvalue weighted by molar-refractivity contribution is 7.92. The fraction of sp³-hybridized carbons (Fsp3) is 0.231. The molecule has 12 heteroatoms. The highest BCUT2D eigenvalue weighted by atomic mass is 32.2. The molecule has 2 N–H and O–H groups in total. The van der Waals surface area contributed by atoms with Crippen LogP contribution in [0.25, 0.3) is 21.5 Å². The molecule has 1 fully saturated rings. The van der Waals surface area contributed by atoms with E-state index in [9.17, 15) is 30.4 Å². The Morgan fingerprint density at radius 1 is 0.763 bits per heavy atom. The van der Waals surface area contributed by atoms with E-state index >= 15 is 0 Å². The molecule has 2 atom stereocenters. The van der Waals surface area contributed by atoms with Crippen molar-refractivity contribution in [2.45, 2.75) is 21.9 Å². The van der Waals surface area contributed by atoms with E-state index in [4.69, 9.17) is 0 Å². The molecule has 0 aliphatic carbocycles. The molecular weight excluding hydrogens is 548 g/mol. The first-order chi connectivity index (χ1) is 18.0. The fourth-order valence-electron chi connectivity index (χ4n) is 4.72. The second-order valence-corrected chi connectivity index (χ2v) is 15.1. The van der Waals surface area contributed by atoms with Gasteiger partial charge in [-0.25, -0.2) is 30.0 Å². The number of sulfone groups is 1. The van der Waals surface area contributed by atoms with Crippen LogP contribution in [0.1, 0.15) is 0 Å². The summed E-state index contributed by atoms with van der Waals surface area (Å²) in [5, 5.41) is 13.6. The van der Waals surface area contributed by atoms with Gasteiger partial charge >= 0.3 is 0 Å².